The molecule has 0 amide bonds. The van der Waals surface area contributed by atoms with Crippen molar-refractivity contribution in [2.75, 3.05) is 32.8 Å². The lowest BCUT2D eigenvalue weighted by atomic mass is 10.1. The summed E-state index contributed by atoms with van der Waals surface area (Å²) in [4.78, 5) is 7.12. The van der Waals surface area contributed by atoms with E-state index in [1.165, 1.54) is 11.3 Å². The van der Waals surface area contributed by atoms with Crippen molar-refractivity contribution >= 4 is 22.3 Å². The van der Waals surface area contributed by atoms with Gasteiger partial charge in [-0.25, -0.2) is 4.98 Å². The molecule has 0 aliphatic carbocycles. The highest BCUT2D eigenvalue weighted by molar-refractivity contribution is 6.00. The molecule has 5 heteroatoms. The number of benzene rings is 2. The molecule has 26 heavy (non-hydrogen) atoms. The number of ether oxygens (including phenoxy) is 3. The molecule has 0 N–H and O–H groups in total. The quantitative estimate of drug-likeness (QED) is 0.703. The van der Waals surface area contributed by atoms with Crippen LogP contribution in [0.3, 0.4) is 0 Å². The molecule has 0 atom stereocenters. The molecule has 1 aromatic heterocycles. The summed E-state index contributed by atoms with van der Waals surface area (Å²) in [6.07, 6.45) is 0.955. The lowest BCUT2D eigenvalue weighted by molar-refractivity contribution is 0.395. The summed E-state index contributed by atoms with van der Waals surface area (Å²) in [6, 6.07) is 12.0. The van der Waals surface area contributed by atoms with Gasteiger partial charge in [0.2, 0.25) is 0 Å². The number of nitrogens with zero attached hydrogens (tertiary/aromatic N) is 2. The van der Waals surface area contributed by atoms with Gasteiger partial charge in [0.15, 0.2) is 0 Å². The topological polar surface area (TPSA) is 43.8 Å². The van der Waals surface area contributed by atoms with Crippen molar-refractivity contribution in [1.82, 2.24) is 4.98 Å². The summed E-state index contributed by atoms with van der Waals surface area (Å²) in [5.41, 5.74) is 5.44. The van der Waals surface area contributed by atoms with E-state index in [2.05, 4.69) is 24.0 Å². The van der Waals surface area contributed by atoms with Crippen LogP contribution in [0.25, 0.3) is 10.9 Å². The van der Waals surface area contributed by atoms with E-state index >= 15 is 0 Å². The van der Waals surface area contributed by atoms with Crippen LogP contribution in [0.2, 0.25) is 0 Å². The predicted octanol–water partition coefficient (Wildman–Crippen LogP) is 4.26. The highest BCUT2D eigenvalue weighted by atomic mass is 16.5. The van der Waals surface area contributed by atoms with Crippen molar-refractivity contribution in [2.24, 2.45) is 0 Å². The van der Waals surface area contributed by atoms with E-state index in [9.17, 15) is 0 Å². The molecule has 0 fully saturated rings. The standard InChI is InChI=1S/C21H22N2O3/c1-13-15-10-11-23(17-9-8-14(24-2)12-19(17)26-4)21(15)16-6-5-7-18(25-3)20(16)22-13/h5-9,12H,10-11H2,1-4H3. The van der Waals surface area contributed by atoms with E-state index in [0.717, 1.165) is 52.5 Å². The zero-order chi connectivity index (χ0) is 18.3. The second-order valence-electron chi connectivity index (χ2n) is 6.32. The van der Waals surface area contributed by atoms with Crippen LogP contribution in [0.15, 0.2) is 36.4 Å². The molecule has 0 spiro atoms. The Labute approximate surface area is 153 Å². The van der Waals surface area contributed by atoms with Crippen molar-refractivity contribution in [3.63, 3.8) is 0 Å². The van der Waals surface area contributed by atoms with Gasteiger partial charge in [-0.05, 0) is 37.1 Å². The molecule has 5 nitrogen and oxygen atoms in total. The third-order valence-corrected chi connectivity index (χ3v) is 5.01. The molecule has 2 heterocycles. The summed E-state index contributed by atoms with van der Waals surface area (Å²) < 4.78 is 16.5. The maximum Gasteiger partial charge on any atom is 0.146 e. The molecule has 1 aliphatic rings. The van der Waals surface area contributed by atoms with Crippen LogP contribution >= 0.6 is 0 Å². The number of hydrogen-bond acceptors (Lipinski definition) is 5. The second-order valence-corrected chi connectivity index (χ2v) is 6.32. The Kier molecular flexibility index (Phi) is 4.07. The highest BCUT2D eigenvalue weighted by Gasteiger charge is 2.28. The molecule has 4 rings (SSSR count). The van der Waals surface area contributed by atoms with E-state index in [1.807, 2.05) is 24.3 Å². The zero-order valence-electron chi connectivity index (χ0n) is 15.5. The van der Waals surface area contributed by atoms with Gasteiger partial charge in [0.1, 0.15) is 22.8 Å². The third kappa shape index (κ3) is 2.43. The highest BCUT2D eigenvalue weighted by Crippen LogP contribution is 2.45. The monoisotopic (exact) mass is 350 g/mol. The van der Waals surface area contributed by atoms with Crippen molar-refractivity contribution < 1.29 is 14.2 Å². The number of para-hydroxylation sites is 1. The van der Waals surface area contributed by atoms with Crippen molar-refractivity contribution in [2.45, 2.75) is 13.3 Å². The number of aryl methyl sites for hydroxylation is 1. The fraction of sp³-hybridized carbons (Fsp3) is 0.286. The molecule has 0 saturated carbocycles. The van der Waals surface area contributed by atoms with Gasteiger partial charge in [0, 0.05) is 23.7 Å². The minimum absolute atomic E-state index is 0.780. The Morgan fingerprint density at radius 1 is 0.962 bits per heavy atom. The Balaban J connectivity index is 1.96. The SMILES string of the molecule is COc1ccc(N2CCc3c(C)nc4c(OC)cccc4c32)c(OC)c1. The van der Waals surface area contributed by atoms with Crippen LogP contribution in [0, 0.1) is 6.92 Å². The number of pyridine rings is 1. The summed E-state index contributed by atoms with van der Waals surface area (Å²) in [6.45, 7) is 2.95. The van der Waals surface area contributed by atoms with E-state index < -0.39 is 0 Å². The molecular formula is C21H22N2O3. The molecule has 0 bridgehead atoms. The second kappa shape index (κ2) is 6.41. The predicted molar refractivity (Wildman–Crippen MR) is 103 cm³/mol. The number of methoxy groups -OCH3 is 3. The Morgan fingerprint density at radius 3 is 2.50 bits per heavy atom. The number of rotatable bonds is 4. The summed E-state index contributed by atoms with van der Waals surface area (Å²) in [5, 5.41) is 1.10. The van der Waals surface area contributed by atoms with Gasteiger partial charge in [-0.3, -0.25) is 0 Å². The summed E-state index contributed by atoms with van der Waals surface area (Å²) in [7, 11) is 5.03. The molecule has 0 saturated heterocycles. The van der Waals surface area contributed by atoms with Crippen LogP contribution in [0.1, 0.15) is 11.3 Å². The van der Waals surface area contributed by atoms with Gasteiger partial charge in [0.25, 0.3) is 0 Å². The summed E-state index contributed by atoms with van der Waals surface area (Å²) in [5.74, 6) is 2.37. The van der Waals surface area contributed by atoms with Gasteiger partial charge in [-0.15, -0.1) is 0 Å². The molecule has 3 aromatic rings. The Bertz CT molecular complexity index is 985. The van der Waals surface area contributed by atoms with Gasteiger partial charge < -0.3 is 19.1 Å². The van der Waals surface area contributed by atoms with Crippen molar-refractivity contribution in [3.8, 4) is 17.2 Å². The molecule has 0 radical (unpaired) electrons. The zero-order valence-corrected chi connectivity index (χ0v) is 15.5. The number of hydrogen-bond donors (Lipinski definition) is 0. The van der Waals surface area contributed by atoms with Gasteiger partial charge >= 0.3 is 0 Å². The number of fused-ring (bicyclic) bond motifs is 3. The molecule has 0 unspecified atom stereocenters. The molecule has 134 valence electrons. The van der Waals surface area contributed by atoms with Crippen LogP contribution < -0.4 is 19.1 Å². The summed E-state index contributed by atoms with van der Waals surface area (Å²) >= 11 is 0. The van der Waals surface area contributed by atoms with Crippen LogP contribution in [0.5, 0.6) is 17.2 Å². The average molecular weight is 350 g/mol. The minimum Gasteiger partial charge on any atom is -0.497 e. The van der Waals surface area contributed by atoms with Crippen molar-refractivity contribution in [1.29, 1.82) is 0 Å². The fourth-order valence-corrected chi connectivity index (χ4v) is 3.75. The van der Waals surface area contributed by atoms with Gasteiger partial charge in [-0.2, -0.15) is 0 Å². The Morgan fingerprint density at radius 2 is 1.77 bits per heavy atom. The number of anilines is 2. The van der Waals surface area contributed by atoms with Crippen LogP contribution in [-0.4, -0.2) is 32.9 Å². The van der Waals surface area contributed by atoms with Gasteiger partial charge in [-0.1, -0.05) is 12.1 Å². The first-order valence-electron chi connectivity index (χ1n) is 8.63. The minimum atomic E-state index is 0.780. The lowest BCUT2D eigenvalue weighted by Gasteiger charge is -2.24. The first-order valence-corrected chi connectivity index (χ1v) is 8.63. The first kappa shape index (κ1) is 16.5. The lowest BCUT2D eigenvalue weighted by Crippen LogP contribution is -2.14. The van der Waals surface area contributed by atoms with E-state index in [-0.39, 0.29) is 0 Å². The molecule has 1 aliphatic heterocycles. The number of aromatic nitrogens is 1. The van der Waals surface area contributed by atoms with Crippen LogP contribution in [-0.2, 0) is 6.42 Å². The van der Waals surface area contributed by atoms with E-state index in [4.69, 9.17) is 19.2 Å². The Hall–Kier alpha value is -2.95. The maximum absolute atomic E-state index is 5.64. The van der Waals surface area contributed by atoms with Crippen LogP contribution in [0.4, 0.5) is 11.4 Å². The average Bonchev–Trinajstić information content (AvgIpc) is 3.13. The maximum atomic E-state index is 5.64. The smallest absolute Gasteiger partial charge is 0.146 e. The fourth-order valence-electron chi connectivity index (χ4n) is 3.75. The third-order valence-electron chi connectivity index (χ3n) is 5.01. The van der Waals surface area contributed by atoms with Gasteiger partial charge in [0.05, 0.1) is 32.7 Å². The first-order chi connectivity index (χ1) is 12.7. The molecular weight excluding hydrogens is 328 g/mol. The van der Waals surface area contributed by atoms with E-state index in [1.54, 1.807) is 21.3 Å². The normalized spacial score (nSPS) is 13.0. The van der Waals surface area contributed by atoms with Crippen molar-refractivity contribution in [3.05, 3.63) is 47.7 Å². The largest absolute Gasteiger partial charge is 0.497 e. The van der Waals surface area contributed by atoms with E-state index in [0.29, 0.717) is 0 Å². The molecule has 2 aromatic carbocycles.